The average Bonchev–Trinajstić information content (AvgIpc) is 3.47. The molecule has 4 rings (SSSR count). The van der Waals surface area contributed by atoms with Crippen molar-refractivity contribution in [3.8, 4) is 0 Å². The van der Waals surface area contributed by atoms with Gasteiger partial charge in [-0.25, -0.2) is 0 Å². The van der Waals surface area contributed by atoms with E-state index >= 15 is 0 Å². The summed E-state index contributed by atoms with van der Waals surface area (Å²) in [6.45, 7) is 0. The van der Waals surface area contributed by atoms with Crippen LogP contribution in [0.4, 0.5) is 0 Å². The van der Waals surface area contributed by atoms with Gasteiger partial charge in [-0.1, -0.05) is 106 Å². The summed E-state index contributed by atoms with van der Waals surface area (Å²) < 4.78 is 0. The van der Waals surface area contributed by atoms with Crippen molar-refractivity contribution in [1.82, 2.24) is 5.32 Å². The van der Waals surface area contributed by atoms with E-state index < -0.39 is 0 Å². The Balaban J connectivity index is 0.000000408. The molecule has 3 heteroatoms. The van der Waals surface area contributed by atoms with E-state index in [1.165, 1.54) is 74.6 Å². The first-order valence-corrected chi connectivity index (χ1v) is 12.5. The van der Waals surface area contributed by atoms with Crippen LogP contribution in [0.5, 0.6) is 0 Å². The van der Waals surface area contributed by atoms with Crippen LogP contribution in [0.3, 0.4) is 0 Å². The normalized spacial score (nSPS) is 17.6. The number of nitrogens with one attached hydrogen (secondary N) is 1. The Morgan fingerprint density at radius 3 is 1.57 bits per heavy atom. The van der Waals surface area contributed by atoms with Crippen molar-refractivity contribution in [1.29, 1.82) is 0 Å². The van der Waals surface area contributed by atoms with E-state index in [9.17, 15) is 0 Å². The molecule has 1 atom stereocenters. The van der Waals surface area contributed by atoms with Crippen LogP contribution in [0.1, 0.15) is 57.8 Å². The molecule has 0 aromatic heterocycles. The molecule has 28 heavy (non-hydrogen) atoms. The van der Waals surface area contributed by atoms with Gasteiger partial charge in [0.2, 0.25) is 0 Å². The average molecular weight is 437 g/mol. The molecular weight excluding hydrogens is 401 g/mol. The molecule has 0 spiro atoms. The van der Waals surface area contributed by atoms with Crippen LogP contribution in [0.15, 0.2) is 60.7 Å². The smallest absolute Gasteiger partial charge is 0.0138 e. The molecule has 2 aromatic carbocycles. The Bertz CT molecular complexity index is 576. The molecule has 1 N–H and O–H groups in total. The van der Waals surface area contributed by atoms with Crippen LogP contribution in [-0.2, 0) is 17.1 Å². The molecule has 0 unspecified atom stereocenters. The van der Waals surface area contributed by atoms with E-state index in [1.54, 1.807) is 0 Å². The second kappa shape index (κ2) is 13.6. The Morgan fingerprint density at radius 1 is 0.750 bits per heavy atom. The first-order chi connectivity index (χ1) is 13.4. The van der Waals surface area contributed by atoms with Gasteiger partial charge in [-0.15, -0.1) is 0 Å². The molecule has 2 aliphatic rings. The topological polar surface area (TPSA) is 12.0 Å². The van der Waals surface area contributed by atoms with Gasteiger partial charge in [-0.3, -0.25) is 0 Å². The van der Waals surface area contributed by atoms with E-state index in [0.717, 1.165) is 5.92 Å². The van der Waals surface area contributed by atoms with Crippen LogP contribution < -0.4 is 15.9 Å². The Kier molecular flexibility index (Phi) is 11.4. The minimum Gasteiger partial charge on any atom is -0.316 e. The monoisotopic (exact) mass is 437 g/mol. The van der Waals surface area contributed by atoms with Crippen LogP contribution in [0, 0.1) is 5.92 Å². The minimum atomic E-state index is -0.275. The molecule has 2 aliphatic carbocycles. The number of hydrogen-bond donors (Lipinski definition) is 1. The summed E-state index contributed by atoms with van der Waals surface area (Å²) in [6, 6.07) is 22.8. The Morgan fingerprint density at radius 2 is 1.18 bits per heavy atom. The van der Waals surface area contributed by atoms with E-state index in [1.807, 2.05) is 0 Å². The minimum absolute atomic E-state index is 0. The molecule has 1 nitrogen and oxygen atoms in total. The van der Waals surface area contributed by atoms with Crippen LogP contribution in [0.25, 0.3) is 0 Å². The van der Waals surface area contributed by atoms with Crippen LogP contribution >= 0.6 is 7.92 Å². The zero-order chi connectivity index (χ0) is 18.7. The predicted octanol–water partition coefficient (Wildman–Crippen LogP) is 5.85. The van der Waals surface area contributed by atoms with Crippen molar-refractivity contribution < 1.29 is 17.1 Å². The molecule has 0 aliphatic heterocycles. The quantitative estimate of drug-likeness (QED) is 0.442. The van der Waals surface area contributed by atoms with Gasteiger partial charge in [0.15, 0.2) is 0 Å². The summed E-state index contributed by atoms with van der Waals surface area (Å²) in [6.07, 6.45) is 14.4. The third-order valence-electron chi connectivity index (χ3n) is 6.10. The molecule has 2 saturated carbocycles. The molecule has 2 fully saturated rings. The Hall–Kier alpha value is -0.651. The van der Waals surface area contributed by atoms with Gasteiger partial charge in [0.25, 0.3) is 0 Å². The first-order valence-electron chi connectivity index (χ1n) is 10.9. The van der Waals surface area contributed by atoms with Crippen molar-refractivity contribution in [2.75, 3.05) is 13.2 Å². The third kappa shape index (κ3) is 7.31. The van der Waals surface area contributed by atoms with Crippen molar-refractivity contribution in [3.05, 3.63) is 60.7 Å². The van der Waals surface area contributed by atoms with Gasteiger partial charge < -0.3 is 5.32 Å². The SMILES string of the molecule is C1CCCC1.CN[C@@H](CP(c1ccccc1)c1ccccc1)C1CCCC1.[Fe]. The molecule has 154 valence electrons. The fourth-order valence-corrected chi connectivity index (χ4v) is 7.15. The summed E-state index contributed by atoms with van der Waals surface area (Å²) in [5, 5.41) is 6.63. The third-order valence-corrected chi connectivity index (χ3v) is 8.71. The Labute approximate surface area is 184 Å². The maximum absolute atomic E-state index is 3.63. The summed E-state index contributed by atoms with van der Waals surface area (Å²) >= 11 is 0. The van der Waals surface area contributed by atoms with E-state index in [4.69, 9.17) is 0 Å². The molecule has 0 saturated heterocycles. The van der Waals surface area contributed by atoms with E-state index in [2.05, 4.69) is 73.0 Å². The number of benzene rings is 2. The zero-order valence-corrected chi connectivity index (χ0v) is 19.3. The molecule has 0 amide bonds. The fraction of sp³-hybridized carbons (Fsp3) is 0.520. The van der Waals surface area contributed by atoms with Gasteiger partial charge in [-0.2, -0.15) is 0 Å². The van der Waals surface area contributed by atoms with Gasteiger partial charge in [0.05, 0.1) is 0 Å². The van der Waals surface area contributed by atoms with E-state index in [-0.39, 0.29) is 25.0 Å². The van der Waals surface area contributed by atoms with Crippen molar-refractivity contribution in [2.24, 2.45) is 5.92 Å². The van der Waals surface area contributed by atoms with Crippen LogP contribution in [-0.4, -0.2) is 19.3 Å². The zero-order valence-electron chi connectivity index (χ0n) is 17.3. The van der Waals surface area contributed by atoms with Crippen LogP contribution in [0.2, 0.25) is 0 Å². The molecule has 0 bridgehead atoms. The molecule has 0 heterocycles. The van der Waals surface area contributed by atoms with Crippen molar-refractivity contribution in [3.63, 3.8) is 0 Å². The van der Waals surface area contributed by atoms with Gasteiger partial charge >= 0.3 is 0 Å². The largest absolute Gasteiger partial charge is 0.316 e. The van der Waals surface area contributed by atoms with Crippen molar-refractivity contribution in [2.45, 2.75) is 63.8 Å². The summed E-state index contributed by atoms with van der Waals surface area (Å²) in [5.74, 6) is 0.863. The van der Waals surface area contributed by atoms with Gasteiger partial charge in [0, 0.05) is 23.1 Å². The first kappa shape index (κ1) is 23.6. The fourth-order valence-electron chi connectivity index (χ4n) is 4.49. The summed E-state index contributed by atoms with van der Waals surface area (Å²) in [5.41, 5.74) is 0. The maximum Gasteiger partial charge on any atom is 0.0138 e. The second-order valence-corrected chi connectivity index (χ2v) is 10.2. The van der Waals surface area contributed by atoms with Gasteiger partial charge in [0.1, 0.15) is 0 Å². The maximum atomic E-state index is 3.63. The molecule has 0 radical (unpaired) electrons. The summed E-state index contributed by atoms with van der Waals surface area (Å²) in [4.78, 5) is 0. The molecular formula is C25H36FeNP. The predicted molar refractivity (Wildman–Crippen MR) is 122 cm³/mol. The molecule has 2 aromatic rings. The second-order valence-electron chi connectivity index (χ2n) is 7.99. The van der Waals surface area contributed by atoms with Crippen molar-refractivity contribution >= 4 is 18.5 Å². The summed E-state index contributed by atoms with van der Waals surface area (Å²) in [7, 11) is 1.87. The number of hydrogen-bond acceptors (Lipinski definition) is 1. The standard InChI is InChI=1S/C20H26NP.C5H10.Fe/c1-21-20(17-10-8-9-11-17)16-22(18-12-4-2-5-13-18)19-14-6-3-7-15-19;1-2-4-5-3-1;/h2-7,12-15,17,20-21H,8-11,16H2,1H3;1-5H2;/t20-;;/m0../s1. The van der Waals surface area contributed by atoms with E-state index in [0.29, 0.717) is 6.04 Å². The number of rotatable bonds is 6. The van der Waals surface area contributed by atoms with Gasteiger partial charge in [-0.05, 0) is 50.5 Å².